The number of rotatable bonds is 4. The van der Waals surface area contributed by atoms with Crippen molar-refractivity contribution in [2.24, 2.45) is 5.92 Å². The van der Waals surface area contributed by atoms with Gasteiger partial charge in [-0.25, -0.2) is 0 Å². The molecule has 1 atom stereocenters. The highest BCUT2D eigenvalue weighted by Gasteiger charge is 2.22. The lowest BCUT2D eigenvalue weighted by Crippen LogP contribution is -2.03. The molecule has 0 radical (unpaired) electrons. The zero-order valence-corrected chi connectivity index (χ0v) is 9.50. The Morgan fingerprint density at radius 2 is 2.27 bits per heavy atom. The maximum atomic E-state index is 9.57. The summed E-state index contributed by atoms with van der Waals surface area (Å²) in [6.07, 6.45) is 1.98. The molecule has 82 valence electrons. The summed E-state index contributed by atoms with van der Waals surface area (Å²) in [5.41, 5.74) is 0.767. The highest BCUT2D eigenvalue weighted by atomic mass is 35.5. The second-order valence-corrected chi connectivity index (χ2v) is 4.55. The fourth-order valence-electron chi connectivity index (χ4n) is 1.47. The van der Waals surface area contributed by atoms with Gasteiger partial charge in [-0.05, 0) is 43.9 Å². The number of benzene rings is 1. The molecule has 0 amide bonds. The van der Waals surface area contributed by atoms with E-state index in [0.29, 0.717) is 10.9 Å². The summed E-state index contributed by atoms with van der Waals surface area (Å²) >= 11 is 5.87. The van der Waals surface area contributed by atoms with Crippen LogP contribution in [0.2, 0.25) is 5.02 Å². The second-order valence-electron chi connectivity index (χ2n) is 4.11. The molecule has 1 N–H and O–H groups in total. The molecule has 0 bridgehead atoms. The molecule has 2 nitrogen and oxygen atoms in total. The zero-order chi connectivity index (χ0) is 10.8. The molecule has 1 aromatic rings. The molecular weight excluding hydrogens is 212 g/mol. The fourth-order valence-corrected chi connectivity index (χ4v) is 1.65. The Balaban J connectivity index is 2.12. The molecule has 15 heavy (non-hydrogen) atoms. The van der Waals surface area contributed by atoms with Crippen molar-refractivity contribution in [1.82, 2.24) is 0 Å². The smallest absolute Gasteiger partial charge is 0.125 e. The molecule has 0 aliphatic heterocycles. The molecule has 0 aromatic heterocycles. The minimum absolute atomic E-state index is 0.544. The second kappa shape index (κ2) is 4.42. The molecular formula is C12H15ClO2. The molecule has 2 rings (SSSR count). The van der Waals surface area contributed by atoms with Crippen LogP contribution in [0.3, 0.4) is 0 Å². The summed E-state index contributed by atoms with van der Waals surface area (Å²) in [6, 6.07) is 5.37. The van der Waals surface area contributed by atoms with Crippen molar-refractivity contribution in [2.75, 3.05) is 6.61 Å². The van der Waals surface area contributed by atoms with E-state index in [1.807, 2.05) is 6.07 Å². The third-order valence-electron chi connectivity index (χ3n) is 2.59. The van der Waals surface area contributed by atoms with E-state index < -0.39 is 6.10 Å². The first-order valence-corrected chi connectivity index (χ1v) is 5.65. The lowest BCUT2D eigenvalue weighted by Gasteiger charge is -2.13. The SMILES string of the molecule is C[C@H](O)c1cc(Cl)ccc1OCC1CC1. The summed E-state index contributed by atoms with van der Waals surface area (Å²) in [4.78, 5) is 0. The van der Waals surface area contributed by atoms with Crippen LogP contribution in [0.5, 0.6) is 5.75 Å². The van der Waals surface area contributed by atoms with Crippen molar-refractivity contribution in [3.63, 3.8) is 0 Å². The highest BCUT2D eigenvalue weighted by Crippen LogP contribution is 2.32. The Morgan fingerprint density at radius 3 is 2.87 bits per heavy atom. The predicted molar refractivity (Wildman–Crippen MR) is 60.3 cm³/mol. The first-order chi connectivity index (χ1) is 7.16. The first-order valence-electron chi connectivity index (χ1n) is 5.27. The lowest BCUT2D eigenvalue weighted by atomic mass is 10.1. The van der Waals surface area contributed by atoms with Crippen LogP contribution >= 0.6 is 11.6 Å². The van der Waals surface area contributed by atoms with Crippen LogP contribution < -0.4 is 4.74 Å². The molecule has 3 heteroatoms. The minimum Gasteiger partial charge on any atom is -0.493 e. The molecule has 1 saturated carbocycles. The number of hydrogen-bond acceptors (Lipinski definition) is 2. The van der Waals surface area contributed by atoms with Crippen LogP contribution in [0.25, 0.3) is 0 Å². The Labute approximate surface area is 94.8 Å². The Bertz CT molecular complexity index is 345. The van der Waals surface area contributed by atoms with Crippen LogP contribution in [-0.4, -0.2) is 11.7 Å². The summed E-state index contributed by atoms with van der Waals surface area (Å²) in [6.45, 7) is 2.47. The zero-order valence-electron chi connectivity index (χ0n) is 8.74. The van der Waals surface area contributed by atoms with Gasteiger partial charge in [0.05, 0.1) is 12.7 Å². The fraction of sp³-hybridized carbons (Fsp3) is 0.500. The van der Waals surface area contributed by atoms with E-state index in [-0.39, 0.29) is 0 Å². The Morgan fingerprint density at radius 1 is 1.53 bits per heavy atom. The van der Waals surface area contributed by atoms with Gasteiger partial charge in [-0.15, -0.1) is 0 Å². The van der Waals surface area contributed by atoms with Gasteiger partial charge in [-0.3, -0.25) is 0 Å². The van der Waals surface area contributed by atoms with Crippen molar-refractivity contribution in [2.45, 2.75) is 25.9 Å². The van der Waals surface area contributed by atoms with E-state index in [1.54, 1.807) is 19.1 Å². The van der Waals surface area contributed by atoms with E-state index in [9.17, 15) is 5.11 Å². The standard InChI is InChI=1S/C12H15ClO2/c1-8(14)11-6-10(13)4-5-12(11)15-7-9-2-3-9/h4-6,8-9,14H,2-3,7H2,1H3/t8-/m0/s1. The number of halogens is 1. The van der Waals surface area contributed by atoms with Gasteiger partial charge in [-0.1, -0.05) is 11.6 Å². The molecule has 1 aliphatic rings. The Kier molecular flexibility index (Phi) is 3.17. The summed E-state index contributed by atoms with van der Waals surface area (Å²) in [5, 5.41) is 10.2. The topological polar surface area (TPSA) is 29.5 Å². The molecule has 0 saturated heterocycles. The average Bonchev–Trinajstić information content (AvgIpc) is 2.99. The summed E-state index contributed by atoms with van der Waals surface area (Å²) < 4.78 is 5.66. The van der Waals surface area contributed by atoms with Crippen LogP contribution in [-0.2, 0) is 0 Å². The van der Waals surface area contributed by atoms with Crippen molar-refractivity contribution >= 4 is 11.6 Å². The number of aliphatic hydroxyl groups is 1. The Hall–Kier alpha value is -0.730. The van der Waals surface area contributed by atoms with Crippen LogP contribution in [0.15, 0.2) is 18.2 Å². The van der Waals surface area contributed by atoms with Crippen molar-refractivity contribution in [1.29, 1.82) is 0 Å². The number of aliphatic hydroxyl groups excluding tert-OH is 1. The summed E-state index contributed by atoms with van der Waals surface area (Å²) in [7, 11) is 0. The van der Waals surface area contributed by atoms with Gasteiger partial charge in [0.25, 0.3) is 0 Å². The van der Waals surface area contributed by atoms with Gasteiger partial charge >= 0.3 is 0 Å². The predicted octanol–water partition coefficient (Wildman–Crippen LogP) is 3.18. The molecule has 0 heterocycles. The van der Waals surface area contributed by atoms with Crippen LogP contribution in [0.4, 0.5) is 0 Å². The third kappa shape index (κ3) is 2.86. The van der Waals surface area contributed by atoms with E-state index in [0.717, 1.165) is 17.9 Å². The van der Waals surface area contributed by atoms with Gasteiger partial charge in [-0.2, -0.15) is 0 Å². The van der Waals surface area contributed by atoms with Gasteiger partial charge in [0.2, 0.25) is 0 Å². The van der Waals surface area contributed by atoms with Gasteiger partial charge in [0, 0.05) is 10.6 Å². The molecule has 0 spiro atoms. The van der Waals surface area contributed by atoms with Crippen molar-refractivity contribution in [3.05, 3.63) is 28.8 Å². The van der Waals surface area contributed by atoms with Crippen molar-refractivity contribution in [3.8, 4) is 5.75 Å². The summed E-state index contributed by atoms with van der Waals surface area (Å²) in [5.74, 6) is 1.46. The van der Waals surface area contributed by atoms with Crippen LogP contribution in [0.1, 0.15) is 31.4 Å². The van der Waals surface area contributed by atoms with E-state index in [2.05, 4.69) is 0 Å². The molecule has 0 unspecified atom stereocenters. The molecule has 1 aliphatic carbocycles. The van der Waals surface area contributed by atoms with Gasteiger partial charge < -0.3 is 9.84 Å². The molecule has 1 fully saturated rings. The van der Waals surface area contributed by atoms with E-state index in [4.69, 9.17) is 16.3 Å². The minimum atomic E-state index is -0.544. The van der Waals surface area contributed by atoms with Crippen LogP contribution in [0, 0.1) is 5.92 Å². The maximum Gasteiger partial charge on any atom is 0.125 e. The number of ether oxygens (including phenoxy) is 1. The largest absolute Gasteiger partial charge is 0.493 e. The first kappa shape index (κ1) is 10.8. The normalized spacial score (nSPS) is 17.5. The van der Waals surface area contributed by atoms with Gasteiger partial charge in [0.15, 0.2) is 0 Å². The van der Waals surface area contributed by atoms with E-state index in [1.165, 1.54) is 12.8 Å². The average molecular weight is 227 g/mol. The highest BCUT2D eigenvalue weighted by molar-refractivity contribution is 6.30. The maximum absolute atomic E-state index is 9.57. The monoisotopic (exact) mass is 226 g/mol. The number of hydrogen-bond donors (Lipinski definition) is 1. The third-order valence-corrected chi connectivity index (χ3v) is 2.83. The van der Waals surface area contributed by atoms with Gasteiger partial charge in [0.1, 0.15) is 5.75 Å². The quantitative estimate of drug-likeness (QED) is 0.855. The van der Waals surface area contributed by atoms with Crippen molar-refractivity contribution < 1.29 is 9.84 Å². The lowest BCUT2D eigenvalue weighted by molar-refractivity contribution is 0.190. The molecule has 1 aromatic carbocycles. The van der Waals surface area contributed by atoms with E-state index >= 15 is 0 Å².